The van der Waals surface area contributed by atoms with Gasteiger partial charge in [-0.1, -0.05) is 20.8 Å². The molecule has 1 aromatic heterocycles. The molecule has 0 saturated carbocycles. The quantitative estimate of drug-likeness (QED) is 0.867. The first-order chi connectivity index (χ1) is 10.0. The molecule has 0 bridgehead atoms. The predicted molar refractivity (Wildman–Crippen MR) is 79.6 cm³/mol. The second-order valence-electron chi connectivity index (χ2n) is 6.80. The van der Waals surface area contributed by atoms with Crippen molar-refractivity contribution < 1.29 is 18.3 Å². The predicted octanol–water partition coefficient (Wildman–Crippen LogP) is 0.621. The van der Waals surface area contributed by atoms with Crippen LogP contribution in [0.3, 0.4) is 0 Å². The lowest BCUT2D eigenvalue weighted by Crippen LogP contribution is -2.51. The van der Waals surface area contributed by atoms with Crippen molar-refractivity contribution in [3.05, 3.63) is 11.6 Å². The summed E-state index contributed by atoms with van der Waals surface area (Å²) >= 11 is 0. The molecule has 1 aliphatic rings. The maximum absolute atomic E-state index is 12.6. The molecule has 1 atom stereocenters. The minimum Gasteiger partial charge on any atom is -0.480 e. The molecule has 1 aliphatic heterocycles. The summed E-state index contributed by atoms with van der Waals surface area (Å²) in [6.45, 7) is 7.57. The van der Waals surface area contributed by atoms with E-state index in [4.69, 9.17) is 0 Å². The lowest BCUT2D eigenvalue weighted by atomic mass is 9.94. The molecule has 1 unspecified atom stereocenters. The number of aromatic nitrogens is 3. The molecule has 0 aromatic carbocycles. The number of aryl methyl sites for hydroxylation is 1. The highest BCUT2D eigenvalue weighted by atomic mass is 32.2. The van der Waals surface area contributed by atoms with E-state index in [1.54, 1.807) is 11.5 Å². The Morgan fingerprint density at radius 1 is 1.36 bits per heavy atom. The van der Waals surface area contributed by atoms with Crippen LogP contribution < -0.4 is 0 Å². The van der Waals surface area contributed by atoms with Crippen LogP contribution in [-0.2, 0) is 27.9 Å². The van der Waals surface area contributed by atoms with E-state index in [2.05, 4.69) is 10.2 Å². The van der Waals surface area contributed by atoms with Gasteiger partial charge in [0.1, 0.15) is 17.7 Å². The van der Waals surface area contributed by atoms with Crippen molar-refractivity contribution in [3.63, 3.8) is 0 Å². The molecule has 0 amide bonds. The zero-order valence-corrected chi connectivity index (χ0v) is 14.1. The molecule has 9 heteroatoms. The van der Waals surface area contributed by atoms with Crippen LogP contribution in [-0.4, -0.2) is 50.4 Å². The molecule has 1 aromatic rings. The van der Waals surface area contributed by atoms with Gasteiger partial charge in [0.05, 0.1) is 18.8 Å². The summed E-state index contributed by atoms with van der Waals surface area (Å²) < 4.78 is 27.8. The van der Waals surface area contributed by atoms with Crippen LogP contribution in [0.2, 0.25) is 0 Å². The monoisotopic (exact) mass is 330 g/mol. The maximum Gasteiger partial charge on any atom is 0.323 e. The molecule has 8 nitrogen and oxygen atoms in total. The summed E-state index contributed by atoms with van der Waals surface area (Å²) in [5, 5.41) is 17.2. The molecule has 0 fully saturated rings. The van der Waals surface area contributed by atoms with Crippen LogP contribution >= 0.6 is 0 Å². The average Bonchev–Trinajstić information content (AvgIpc) is 2.76. The van der Waals surface area contributed by atoms with E-state index in [-0.39, 0.29) is 24.3 Å². The highest BCUT2D eigenvalue weighted by Gasteiger charge is 2.40. The first kappa shape index (κ1) is 16.9. The summed E-state index contributed by atoms with van der Waals surface area (Å²) in [5.74, 6) is -0.159. The molecule has 1 N–H and O–H groups in total. The average molecular weight is 330 g/mol. The lowest BCUT2D eigenvalue weighted by Gasteiger charge is -2.33. The van der Waals surface area contributed by atoms with Crippen molar-refractivity contribution in [1.29, 1.82) is 0 Å². The van der Waals surface area contributed by atoms with Gasteiger partial charge in [-0.3, -0.25) is 4.79 Å². The van der Waals surface area contributed by atoms with Gasteiger partial charge in [-0.05, 0) is 18.8 Å². The zero-order valence-electron chi connectivity index (χ0n) is 13.3. The van der Waals surface area contributed by atoms with Crippen molar-refractivity contribution in [2.75, 3.05) is 5.75 Å². The molecule has 2 heterocycles. The third-order valence-corrected chi connectivity index (χ3v) is 5.58. The fourth-order valence-electron chi connectivity index (χ4n) is 2.34. The number of carboxylic acid groups (broad SMARTS) is 1. The normalized spacial score (nSPS) is 19.9. The molecule has 2 rings (SSSR count). The number of carboxylic acids is 1. The smallest absolute Gasteiger partial charge is 0.323 e. The standard InChI is InChI=1S/C13H22N4O4S/c1-9-14-15-11-8-17(10(12(18)19)7-16(9)11)22(20,21)6-5-13(2,3)4/h10H,5-8H2,1-4H3,(H,18,19). The largest absolute Gasteiger partial charge is 0.480 e. The van der Waals surface area contributed by atoms with Crippen molar-refractivity contribution in [2.24, 2.45) is 5.41 Å². The number of nitrogens with zero attached hydrogens (tertiary/aromatic N) is 4. The molecular formula is C13H22N4O4S. The van der Waals surface area contributed by atoms with Gasteiger partial charge >= 0.3 is 5.97 Å². The molecule has 0 saturated heterocycles. The summed E-state index contributed by atoms with van der Waals surface area (Å²) in [6.07, 6.45) is 0.462. The Morgan fingerprint density at radius 3 is 2.55 bits per heavy atom. The molecule has 0 aliphatic carbocycles. The van der Waals surface area contributed by atoms with Crippen molar-refractivity contribution >= 4 is 16.0 Å². The van der Waals surface area contributed by atoms with E-state index in [0.717, 1.165) is 4.31 Å². The van der Waals surface area contributed by atoms with Crippen molar-refractivity contribution in [2.45, 2.75) is 53.2 Å². The van der Waals surface area contributed by atoms with Gasteiger partial charge in [-0.25, -0.2) is 8.42 Å². The SMILES string of the molecule is Cc1nnc2n1CC(C(=O)O)N(S(=O)(=O)CCC(C)(C)C)C2. The molecule has 22 heavy (non-hydrogen) atoms. The minimum absolute atomic E-state index is 0.0399. The molecule has 124 valence electrons. The highest BCUT2D eigenvalue weighted by Crippen LogP contribution is 2.25. The van der Waals surface area contributed by atoms with Gasteiger partial charge in [-0.15, -0.1) is 10.2 Å². The second kappa shape index (κ2) is 5.62. The van der Waals surface area contributed by atoms with Crippen LogP contribution in [0.5, 0.6) is 0 Å². The van der Waals surface area contributed by atoms with Gasteiger partial charge < -0.3 is 9.67 Å². The second-order valence-corrected chi connectivity index (χ2v) is 8.84. The number of fused-ring (bicyclic) bond motifs is 1. The van der Waals surface area contributed by atoms with Crippen LogP contribution in [0, 0.1) is 12.3 Å². The minimum atomic E-state index is -3.67. The number of hydrogen-bond donors (Lipinski definition) is 1. The maximum atomic E-state index is 12.6. The number of rotatable bonds is 4. The summed E-state index contributed by atoms with van der Waals surface area (Å²) in [5.41, 5.74) is -0.141. The summed E-state index contributed by atoms with van der Waals surface area (Å²) in [6, 6.07) is -1.12. The molecule has 0 radical (unpaired) electrons. The Hall–Kier alpha value is -1.48. The Kier molecular flexibility index (Phi) is 4.31. The van der Waals surface area contributed by atoms with E-state index < -0.39 is 22.0 Å². The van der Waals surface area contributed by atoms with E-state index in [9.17, 15) is 18.3 Å². The first-order valence-electron chi connectivity index (χ1n) is 7.12. The van der Waals surface area contributed by atoms with Gasteiger partial charge in [-0.2, -0.15) is 4.31 Å². The zero-order chi connectivity index (χ0) is 16.7. The number of aliphatic carboxylic acids is 1. The number of sulfonamides is 1. The number of carbonyl (C=O) groups is 1. The van der Waals surface area contributed by atoms with Crippen LogP contribution in [0.4, 0.5) is 0 Å². The fourth-order valence-corrected chi connectivity index (χ4v) is 4.30. The lowest BCUT2D eigenvalue weighted by molar-refractivity contribution is -0.142. The summed E-state index contributed by atoms with van der Waals surface area (Å²) in [7, 11) is -3.67. The van der Waals surface area contributed by atoms with Crippen LogP contribution in [0.1, 0.15) is 38.8 Å². The Bertz CT molecular complexity index is 675. The molecule has 0 spiro atoms. The van der Waals surface area contributed by atoms with Gasteiger partial charge in [0.15, 0.2) is 0 Å². The Balaban J connectivity index is 2.30. The Labute approximate surface area is 130 Å². The van der Waals surface area contributed by atoms with Crippen molar-refractivity contribution in [3.8, 4) is 0 Å². The highest BCUT2D eigenvalue weighted by molar-refractivity contribution is 7.89. The van der Waals surface area contributed by atoms with Gasteiger partial charge in [0, 0.05) is 0 Å². The summed E-state index contributed by atoms with van der Waals surface area (Å²) in [4.78, 5) is 11.5. The Morgan fingerprint density at radius 2 is 2.00 bits per heavy atom. The third-order valence-electron chi connectivity index (χ3n) is 3.77. The van der Waals surface area contributed by atoms with Gasteiger partial charge in [0.25, 0.3) is 0 Å². The van der Waals surface area contributed by atoms with E-state index >= 15 is 0 Å². The topological polar surface area (TPSA) is 105 Å². The van der Waals surface area contributed by atoms with E-state index in [0.29, 0.717) is 18.1 Å². The van der Waals surface area contributed by atoms with Crippen LogP contribution in [0.15, 0.2) is 0 Å². The van der Waals surface area contributed by atoms with Gasteiger partial charge in [0.2, 0.25) is 10.0 Å². The van der Waals surface area contributed by atoms with E-state index in [1.807, 2.05) is 20.8 Å². The third kappa shape index (κ3) is 3.46. The van der Waals surface area contributed by atoms with Crippen molar-refractivity contribution in [1.82, 2.24) is 19.1 Å². The number of hydrogen-bond acceptors (Lipinski definition) is 5. The molecular weight excluding hydrogens is 308 g/mol. The first-order valence-corrected chi connectivity index (χ1v) is 8.73. The fraction of sp³-hybridized carbons (Fsp3) is 0.769. The van der Waals surface area contributed by atoms with E-state index in [1.165, 1.54) is 0 Å². The van der Waals surface area contributed by atoms with Crippen LogP contribution in [0.25, 0.3) is 0 Å².